The third-order valence-corrected chi connectivity index (χ3v) is 3.91. The summed E-state index contributed by atoms with van der Waals surface area (Å²) in [6, 6.07) is 16.7. The Morgan fingerprint density at radius 3 is 2.43 bits per heavy atom. The van der Waals surface area contributed by atoms with Crippen LogP contribution in [0.2, 0.25) is 0 Å². The maximum Gasteiger partial charge on any atom is 0.270 e. The molecule has 0 aliphatic heterocycles. The van der Waals surface area contributed by atoms with Gasteiger partial charge in [-0.3, -0.25) is 4.79 Å². The van der Waals surface area contributed by atoms with E-state index in [0.717, 1.165) is 17.0 Å². The summed E-state index contributed by atoms with van der Waals surface area (Å²) in [4.78, 5) is 20.7. The van der Waals surface area contributed by atoms with Crippen LogP contribution >= 0.6 is 0 Å². The second-order valence-electron chi connectivity index (χ2n) is 6.04. The molecule has 1 heterocycles. The molecular formula is C21H22N4O3. The van der Waals surface area contributed by atoms with Gasteiger partial charge in [0.2, 0.25) is 5.95 Å². The molecule has 1 aromatic heterocycles. The van der Waals surface area contributed by atoms with Gasteiger partial charge in [0.25, 0.3) is 5.91 Å². The Kier molecular flexibility index (Phi) is 6.41. The van der Waals surface area contributed by atoms with Crippen molar-refractivity contribution in [3.05, 3.63) is 72.1 Å². The number of carbonyl (C=O) groups excluding carboxylic acids is 1. The van der Waals surface area contributed by atoms with Gasteiger partial charge < -0.3 is 20.1 Å². The van der Waals surface area contributed by atoms with E-state index in [-0.39, 0.29) is 11.6 Å². The highest BCUT2D eigenvalue weighted by molar-refractivity contribution is 5.92. The number of nitrogens with one attached hydrogen (secondary N) is 2. The zero-order valence-electron chi connectivity index (χ0n) is 15.8. The van der Waals surface area contributed by atoms with Gasteiger partial charge in [0.1, 0.15) is 23.8 Å². The lowest BCUT2D eigenvalue weighted by atomic mass is 10.2. The summed E-state index contributed by atoms with van der Waals surface area (Å²) in [5.74, 6) is 1.56. The van der Waals surface area contributed by atoms with Crippen LogP contribution in [0.3, 0.4) is 0 Å². The molecule has 0 spiro atoms. The van der Waals surface area contributed by atoms with Gasteiger partial charge in [-0.2, -0.15) is 0 Å². The van der Waals surface area contributed by atoms with Crippen molar-refractivity contribution >= 4 is 17.5 Å². The lowest BCUT2D eigenvalue weighted by molar-refractivity contribution is 0.0942. The summed E-state index contributed by atoms with van der Waals surface area (Å²) in [6.45, 7) is 2.72. The molecule has 2 N–H and O–H groups in total. The van der Waals surface area contributed by atoms with Crippen molar-refractivity contribution in [2.24, 2.45) is 0 Å². The highest BCUT2D eigenvalue weighted by Gasteiger charge is 2.08. The van der Waals surface area contributed by atoms with Gasteiger partial charge in [-0.05, 0) is 49.4 Å². The Labute approximate surface area is 163 Å². The zero-order chi connectivity index (χ0) is 19.8. The number of rotatable bonds is 8. The van der Waals surface area contributed by atoms with E-state index in [4.69, 9.17) is 9.47 Å². The number of aromatic nitrogens is 2. The van der Waals surface area contributed by atoms with Gasteiger partial charge in [-0.1, -0.05) is 17.7 Å². The van der Waals surface area contributed by atoms with Gasteiger partial charge >= 0.3 is 0 Å². The average molecular weight is 378 g/mol. The molecule has 0 saturated heterocycles. The molecule has 0 unspecified atom stereocenters. The fourth-order valence-corrected chi connectivity index (χ4v) is 2.41. The number of amides is 1. The number of hydrogen-bond acceptors (Lipinski definition) is 6. The van der Waals surface area contributed by atoms with E-state index in [2.05, 4.69) is 20.6 Å². The summed E-state index contributed by atoms with van der Waals surface area (Å²) in [5, 5.41) is 5.87. The third-order valence-electron chi connectivity index (χ3n) is 3.91. The molecule has 3 aromatic rings. The minimum Gasteiger partial charge on any atom is -0.497 e. The van der Waals surface area contributed by atoms with E-state index in [9.17, 15) is 4.79 Å². The molecule has 0 bridgehead atoms. The summed E-state index contributed by atoms with van der Waals surface area (Å²) in [6.07, 6.45) is 1.55. The minimum absolute atomic E-state index is 0.285. The molecule has 0 aliphatic carbocycles. The second kappa shape index (κ2) is 9.36. The molecule has 28 heavy (non-hydrogen) atoms. The van der Waals surface area contributed by atoms with Crippen molar-refractivity contribution < 1.29 is 14.3 Å². The van der Waals surface area contributed by atoms with Crippen LogP contribution in [-0.4, -0.2) is 36.1 Å². The first kappa shape index (κ1) is 19.2. The van der Waals surface area contributed by atoms with Crippen molar-refractivity contribution in [2.75, 3.05) is 25.6 Å². The highest BCUT2D eigenvalue weighted by Crippen LogP contribution is 2.17. The molecule has 0 aliphatic rings. The molecule has 1 amide bonds. The number of benzene rings is 2. The van der Waals surface area contributed by atoms with Gasteiger partial charge in [0, 0.05) is 11.9 Å². The Morgan fingerprint density at radius 2 is 1.71 bits per heavy atom. The monoisotopic (exact) mass is 378 g/mol. The first-order valence-corrected chi connectivity index (χ1v) is 8.86. The molecule has 144 valence electrons. The van der Waals surface area contributed by atoms with E-state index in [1.165, 1.54) is 0 Å². The van der Waals surface area contributed by atoms with Crippen LogP contribution in [0.5, 0.6) is 11.5 Å². The SMILES string of the molecule is COc1ccc(OCCNC(=O)c2ccnc(Nc3ccc(C)cc3)n2)cc1. The molecule has 0 radical (unpaired) electrons. The lowest BCUT2D eigenvalue weighted by Gasteiger charge is -2.09. The number of nitrogens with zero attached hydrogens (tertiary/aromatic N) is 2. The Balaban J connectivity index is 1.49. The van der Waals surface area contributed by atoms with Gasteiger partial charge in [-0.25, -0.2) is 9.97 Å². The first-order valence-electron chi connectivity index (χ1n) is 8.86. The van der Waals surface area contributed by atoms with Crippen molar-refractivity contribution in [3.8, 4) is 11.5 Å². The van der Waals surface area contributed by atoms with E-state index in [0.29, 0.717) is 24.8 Å². The summed E-state index contributed by atoms with van der Waals surface area (Å²) < 4.78 is 10.7. The maximum absolute atomic E-state index is 12.3. The molecule has 2 aromatic carbocycles. The average Bonchev–Trinajstić information content (AvgIpc) is 2.73. The van der Waals surface area contributed by atoms with E-state index in [1.54, 1.807) is 19.4 Å². The zero-order valence-corrected chi connectivity index (χ0v) is 15.8. The van der Waals surface area contributed by atoms with Crippen molar-refractivity contribution in [2.45, 2.75) is 6.92 Å². The predicted octanol–water partition coefficient (Wildman–Crippen LogP) is 3.35. The van der Waals surface area contributed by atoms with Gasteiger partial charge in [0.15, 0.2) is 0 Å². The topological polar surface area (TPSA) is 85.4 Å². The van der Waals surface area contributed by atoms with Gasteiger partial charge in [-0.15, -0.1) is 0 Å². The Bertz CT molecular complexity index is 912. The van der Waals surface area contributed by atoms with Crippen molar-refractivity contribution in [3.63, 3.8) is 0 Å². The van der Waals surface area contributed by atoms with Crippen molar-refractivity contribution in [1.29, 1.82) is 0 Å². The number of aryl methyl sites for hydroxylation is 1. The van der Waals surface area contributed by atoms with Crippen LogP contribution in [0.25, 0.3) is 0 Å². The van der Waals surface area contributed by atoms with Crippen LogP contribution in [0.15, 0.2) is 60.8 Å². The normalized spacial score (nSPS) is 10.2. The fourth-order valence-electron chi connectivity index (χ4n) is 2.41. The standard InChI is InChI=1S/C21H22N4O3/c1-15-3-5-16(6-4-15)24-21-23-12-11-19(25-21)20(26)22-13-14-28-18-9-7-17(27-2)8-10-18/h3-12H,13-14H2,1-2H3,(H,22,26)(H,23,24,25). The molecule has 0 fully saturated rings. The van der Waals surface area contributed by atoms with Crippen molar-refractivity contribution in [1.82, 2.24) is 15.3 Å². The number of ether oxygens (including phenoxy) is 2. The summed E-state index contributed by atoms with van der Waals surface area (Å²) >= 11 is 0. The second-order valence-corrected chi connectivity index (χ2v) is 6.04. The first-order chi connectivity index (χ1) is 13.6. The minimum atomic E-state index is -0.285. The Morgan fingerprint density at radius 1 is 1.00 bits per heavy atom. The Hall–Kier alpha value is -3.61. The molecular weight excluding hydrogens is 356 g/mol. The van der Waals surface area contributed by atoms with Crippen LogP contribution < -0.4 is 20.1 Å². The lowest BCUT2D eigenvalue weighted by Crippen LogP contribution is -2.29. The number of carbonyl (C=O) groups is 1. The van der Waals surface area contributed by atoms with Crippen LogP contribution in [0.1, 0.15) is 16.1 Å². The molecule has 7 heteroatoms. The molecule has 0 saturated carbocycles. The number of anilines is 2. The molecule has 0 atom stereocenters. The van der Waals surface area contributed by atoms with Crippen LogP contribution in [-0.2, 0) is 0 Å². The van der Waals surface area contributed by atoms with Gasteiger partial charge in [0.05, 0.1) is 13.7 Å². The largest absolute Gasteiger partial charge is 0.497 e. The van der Waals surface area contributed by atoms with E-state index < -0.39 is 0 Å². The highest BCUT2D eigenvalue weighted by atomic mass is 16.5. The van der Waals surface area contributed by atoms with Crippen LogP contribution in [0, 0.1) is 6.92 Å². The van der Waals surface area contributed by atoms with E-state index in [1.807, 2.05) is 55.5 Å². The maximum atomic E-state index is 12.3. The van der Waals surface area contributed by atoms with E-state index >= 15 is 0 Å². The predicted molar refractivity (Wildman–Crippen MR) is 107 cm³/mol. The molecule has 7 nitrogen and oxygen atoms in total. The summed E-state index contributed by atoms with van der Waals surface area (Å²) in [7, 11) is 1.61. The number of hydrogen-bond donors (Lipinski definition) is 2. The molecule has 3 rings (SSSR count). The number of methoxy groups -OCH3 is 1. The fraction of sp³-hybridized carbons (Fsp3) is 0.190. The smallest absolute Gasteiger partial charge is 0.270 e. The van der Waals surface area contributed by atoms with Crippen LogP contribution in [0.4, 0.5) is 11.6 Å². The third kappa shape index (κ3) is 5.44. The quantitative estimate of drug-likeness (QED) is 0.585. The summed E-state index contributed by atoms with van der Waals surface area (Å²) in [5.41, 5.74) is 2.31.